The molecule has 0 atom stereocenters. The number of hydrogen-bond acceptors (Lipinski definition) is 2. The molecule has 2 rings (SSSR count). The third kappa shape index (κ3) is 3.09. The Morgan fingerprint density at radius 3 is 2.67 bits per heavy atom. The maximum atomic E-state index is 4.68. The van der Waals surface area contributed by atoms with Gasteiger partial charge in [0.05, 0.1) is 6.54 Å². The highest BCUT2D eigenvalue weighted by atomic mass is 79.9. The third-order valence-electron chi connectivity index (χ3n) is 3.56. The number of amidine groups is 1. The van der Waals surface area contributed by atoms with Crippen LogP contribution in [0.3, 0.4) is 0 Å². The molecule has 1 saturated heterocycles. The van der Waals surface area contributed by atoms with Gasteiger partial charge in [0, 0.05) is 15.8 Å². The molecule has 0 aliphatic carbocycles. The molecule has 1 N–H and O–H groups in total. The average Bonchev–Trinajstić information content (AvgIpc) is 2.82. The van der Waals surface area contributed by atoms with Crippen molar-refractivity contribution in [2.45, 2.75) is 38.8 Å². The van der Waals surface area contributed by atoms with Crippen LogP contribution in [0.2, 0.25) is 0 Å². The van der Waals surface area contributed by atoms with Crippen molar-refractivity contribution in [2.75, 3.05) is 5.75 Å². The molecule has 1 fully saturated rings. The zero-order chi connectivity index (χ0) is 13.0. The van der Waals surface area contributed by atoms with Gasteiger partial charge >= 0.3 is 0 Å². The number of aliphatic imine (C=N–C) groups is 1. The van der Waals surface area contributed by atoms with Gasteiger partial charge in [0.1, 0.15) is 0 Å². The van der Waals surface area contributed by atoms with Gasteiger partial charge in [-0.15, -0.1) is 0 Å². The van der Waals surface area contributed by atoms with E-state index in [-0.39, 0.29) is 5.54 Å². The van der Waals surface area contributed by atoms with E-state index in [1.54, 1.807) is 0 Å². The van der Waals surface area contributed by atoms with Crippen LogP contribution in [-0.2, 0) is 6.54 Å². The van der Waals surface area contributed by atoms with Gasteiger partial charge in [0.15, 0.2) is 5.17 Å². The lowest BCUT2D eigenvalue weighted by atomic mass is 9.96. The van der Waals surface area contributed by atoms with Gasteiger partial charge in [0.2, 0.25) is 0 Å². The molecule has 1 aliphatic rings. The molecule has 1 heterocycles. The van der Waals surface area contributed by atoms with Gasteiger partial charge in [-0.3, -0.25) is 4.99 Å². The summed E-state index contributed by atoms with van der Waals surface area (Å²) in [6.07, 6.45) is 2.31. The van der Waals surface area contributed by atoms with E-state index < -0.39 is 0 Å². The SMILES string of the molecule is CCC1(CC)CSC(=NCc2ccccc2Br)N1. The second kappa shape index (κ2) is 6.11. The van der Waals surface area contributed by atoms with Crippen molar-refractivity contribution in [2.24, 2.45) is 4.99 Å². The van der Waals surface area contributed by atoms with Gasteiger partial charge in [-0.1, -0.05) is 59.7 Å². The summed E-state index contributed by atoms with van der Waals surface area (Å²) >= 11 is 5.41. The summed E-state index contributed by atoms with van der Waals surface area (Å²) in [5, 5.41) is 4.68. The van der Waals surface area contributed by atoms with Crippen LogP contribution in [0, 0.1) is 0 Å². The monoisotopic (exact) mass is 326 g/mol. The summed E-state index contributed by atoms with van der Waals surface area (Å²) < 4.78 is 1.13. The fourth-order valence-electron chi connectivity index (χ4n) is 2.01. The Morgan fingerprint density at radius 1 is 1.33 bits per heavy atom. The van der Waals surface area contributed by atoms with Crippen LogP contribution in [0.15, 0.2) is 33.7 Å². The molecule has 98 valence electrons. The Hall–Kier alpha value is -0.480. The largest absolute Gasteiger partial charge is 0.359 e. The fourth-order valence-corrected chi connectivity index (χ4v) is 3.75. The van der Waals surface area contributed by atoms with Crippen molar-refractivity contribution in [1.82, 2.24) is 5.32 Å². The van der Waals surface area contributed by atoms with Gasteiger partial charge in [-0.25, -0.2) is 0 Å². The lowest BCUT2D eigenvalue weighted by molar-refractivity contribution is 0.407. The van der Waals surface area contributed by atoms with Crippen LogP contribution >= 0.6 is 27.7 Å². The minimum absolute atomic E-state index is 0.261. The van der Waals surface area contributed by atoms with Crippen LogP contribution in [0.5, 0.6) is 0 Å². The first-order valence-electron chi connectivity index (χ1n) is 6.38. The van der Waals surface area contributed by atoms with Crippen molar-refractivity contribution < 1.29 is 0 Å². The Morgan fingerprint density at radius 2 is 2.06 bits per heavy atom. The van der Waals surface area contributed by atoms with E-state index in [0.29, 0.717) is 0 Å². The van der Waals surface area contributed by atoms with Crippen molar-refractivity contribution in [3.63, 3.8) is 0 Å². The van der Waals surface area contributed by atoms with Crippen LogP contribution in [0.4, 0.5) is 0 Å². The second-order valence-electron chi connectivity index (χ2n) is 4.61. The highest BCUT2D eigenvalue weighted by Crippen LogP contribution is 2.29. The van der Waals surface area contributed by atoms with E-state index in [4.69, 9.17) is 0 Å². The van der Waals surface area contributed by atoms with Crippen LogP contribution in [0.1, 0.15) is 32.3 Å². The number of halogens is 1. The predicted molar refractivity (Wildman–Crippen MR) is 84.2 cm³/mol. The number of thioether (sulfide) groups is 1. The van der Waals surface area contributed by atoms with Crippen LogP contribution in [-0.4, -0.2) is 16.5 Å². The Kier molecular flexibility index (Phi) is 4.73. The van der Waals surface area contributed by atoms with Gasteiger partial charge in [-0.2, -0.15) is 0 Å². The van der Waals surface area contributed by atoms with E-state index >= 15 is 0 Å². The number of nitrogens with one attached hydrogen (secondary N) is 1. The third-order valence-corrected chi connectivity index (χ3v) is 5.54. The summed E-state index contributed by atoms with van der Waals surface area (Å²) in [4.78, 5) is 4.68. The van der Waals surface area contributed by atoms with Crippen molar-refractivity contribution in [3.8, 4) is 0 Å². The minimum atomic E-state index is 0.261. The first-order valence-corrected chi connectivity index (χ1v) is 8.16. The number of rotatable bonds is 4. The highest BCUT2D eigenvalue weighted by Gasteiger charge is 2.33. The summed E-state index contributed by atoms with van der Waals surface area (Å²) in [5.41, 5.74) is 1.50. The molecule has 0 saturated carbocycles. The molecule has 0 radical (unpaired) electrons. The Labute approximate surface area is 122 Å². The molecule has 0 spiro atoms. The minimum Gasteiger partial charge on any atom is -0.359 e. The van der Waals surface area contributed by atoms with Crippen molar-refractivity contribution in [1.29, 1.82) is 0 Å². The van der Waals surface area contributed by atoms with E-state index in [9.17, 15) is 0 Å². The molecule has 1 aromatic carbocycles. The first kappa shape index (κ1) is 13.9. The average molecular weight is 327 g/mol. The molecule has 1 aromatic rings. The smallest absolute Gasteiger partial charge is 0.157 e. The molecule has 0 bridgehead atoms. The fraction of sp³-hybridized carbons (Fsp3) is 0.500. The van der Waals surface area contributed by atoms with Gasteiger partial charge < -0.3 is 5.32 Å². The molecule has 0 unspecified atom stereocenters. The standard InChI is InChI=1S/C14H19BrN2S/c1-3-14(4-2)10-18-13(17-14)16-9-11-7-5-6-8-12(11)15/h5-8H,3-4,9-10H2,1-2H3,(H,16,17). The molecular weight excluding hydrogens is 308 g/mol. The maximum absolute atomic E-state index is 4.68. The molecule has 0 amide bonds. The predicted octanol–water partition coefficient (Wildman–Crippen LogP) is 4.20. The molecule has 0 aromatic heterocycles. The van der Waals surface area contributed by atoms with Crippen LogP contribution < -0.4 is 5.32 Å². The topological polar surface area (TPSA) is 24.4 Å². The van der Waals surface area contributed by atoms with E-state index in [1.807, 2.05) is 17.8 Å². The molecular formula is C14H19BrN2S. The maximum Gasteiger partial charge on any atom is 0.157 e. The lowest BCUT2D eigenvalue weighted by Gasteiger charge is -2.25. The van der Waals surface area contributed by atoms with E-state index in [2.05, 4.69) is 58.3 Å². The second-order valence-corrected chi connectivity index (χ2v) is 6.43. The summed E-state index contributed by atoms with van der Waals surface area (Å²) in [6, 6.07) is 8.26. The normalized spacial score (nSPS) is 20.1. The van der Waals surface area contributed by atoms with E-state index in [1.165, 1.54) is 5.56 Å². The molecule has 4 heteroatoms. The number of benzene rings is 1. The molecule has 1 aliphatic heterocycles. The Balaban J connectivity index is 2.02. The summed E-state index contributed by atoms with van der Waals surface area (Å²) in [6.45, 7) is 5.22. The number of hydrogen-bond donors (Lipinski definition) is 1. The van der Waals surface area contributed by atoms with E-state index in [0.717, 1.165) is 34.8 Å². The Bertz CT molecular complexity index is 441. The zero-order valence-electron chi connectivity index (χ0n) is 10.9. The first-order chi connectivity index (χ1) is 8.69. The summed E-state index contributed by atoms with van der Waals surface area (Å²) in [5.74, 6) is 1.13. The number of nitrogens with zero attached hydrogens (tertiary/aromatic N) is 1. The van der Waals surface area contributed by atoms with Crippen molar-refractivity contribution >= 4 is 32.9 Å². The summed E-state index contributed by atoms with van der Waals surface area (Å²) in [7, 11) is 0. The zero-order valence-corrected chi connectivity index (χ0v) is 13.3. The van der Waals surface area contributed by atoms with Gasteiger partial charge in [-0.05, 0) is 24.5 Å². The molecule has 2 nitrogen and oxygen atoms in total. The molecule has 18 heavy (non-hydrogen) atoms. The van der Waals surface area contributed by atoms with Crippen molar-refractivity contribution in [3.05, 3.63) is 34.3 Å². The highest BCUT2D eigenvalue weighted by molar-refractivity contribution is 9.10. The van der Waals surface area contributed by atoms with Gasteiger partial charge in [0.25, 0.3) is 0 Å². The lowest BCUT2D eigenvalue weighted by Crippen LogP contribution is -2.42. The van der Waals surface area contributed by atoms with Crippen LogP contribution in [0.25, 0.3) is 0 Å². The quantitative estimate of drug-likeness (QED) is 0.896.